The Morgan fingerprint density at radius 1 is 1.21 bits per heavy atom. The number of aliphatic carboxylic acids is 1. The molecule has 0 saturated heterocycles. The van der Waals surface area contributed by atoms with Crippen molar-refractivity contribution >= 4 is 22.1 Å². The molecule has 0 saturated carbocycles. The van der Waals surface area contributed by atoms with E-state index in [1.165, 1.54) is 36.7 Å². The summed E-state index contributed by atoms with van der Waals surface area (Å²) in [6, 6.07) is 6.28. The van der Waals surface area contributed by atoms with Crippen molar-refractivity contribution in [1.82, 2.24) is 9.29 Å². The van der Waals surface area contributed by atoms with Crippen molar-refractivity contribution in [3.63, 3.8) is 0 Å². The lowest BCUT2D eigenvalue weighted by molar-refractivity contribution is -0.297. The first-order chi connectivity index (χ1) is 13.3. The number of carbonyl (C=O) groups excluding carboxylic acids is 1. The van der Waals surface area contributed by atoms with Gasteiger partial charge in [0.25, 0.3) is 0 Å². The Morgan fingerprint density at radius 3 is 2.43 bits per heavy atom. The zero-order valence-corrected chi connectivity index (χ0v) is 16.6. The molecule has 28 heavy (non-hydrogen) atoms. The highest BCUT2D eigenvalue weighted by molar-refractivity contribution is 7.89. The van der Waals surface area contributed by atoms with Gasteiger partial charge in [0.05, 0.1) is 20.2 Å². The molecule has 1 aromatic heterocycles. The van der Waals surface area contributed by atoms with E-state index in [1.807, 2.05) is 0 Å². The van der Waals surface area contributed by atoms with Crippen LogP contribution in [0.4, 0.5) is 0 Å². The third kappa shape index (κ3) is 4.87. The van der Waals surface area contributed by atoms with Gasteiger partial charge in [0.15, 0.2) is 11.5 Å². The highest BCUT2D eigenvalue weighted by Gasteiger charge is 2.29. The van der Waals surface area contributed by atoms with Crippen LogP contribution >= 0.6 is 0 Å². The minimum Gasteiger partial charge on any atom is -0.545 e. The molecule has 0 aliphatic rings. The molecule has 1 aromatic carbocycles. The second kappa shape index (κ2) is 9.34. The van der Waals surface area contributed by atoms with Crippen LogP contribution < -0.4 is 14.6 Å². The Bertz CT molecular complexity index is 958. The molecule has 1 heterocycles. The van der Waals surface area contributed by atoms with Crippen molar-refractivity contribution < 1.29 is 27.8 Å². The molecule has 8 nitrogen and oxygen atoms in total. The molecular weight excluding hydrogens is 384 g/mol. The molecule has 0 amide bonds. The lowest BCUT2D eigenvalue weighted by Crippen LogP contribution is -2.31. The number of nitrogens with zero attached hydrogens (tertiary/aromatic N) is 2. The lowest BCUT2D eigenvalue weighted by atomic mass is 10.2. The van der Waals surface area contributed by atoms with Crippen molar-refractivity contribution in [2.45, 2.75) is 18.4 Å². The van der Waals surface area contributed by atoms with Gasteiger partial charge >= 0.3 is 0 Å². The number of sulfonamides is 1. The summed E-state index contributed by atoms with van der Waals surface area (Å²) in [6.45, 7) is 2.09. The maximum atomic E-state index is 13.3. The fraction of sp³-hybridized carbons (Fsp3) is 0.263. The van der Waals surface area contributed by atoms with E-state index in [-0.39, 0.29) is 29.5 Å². The molecule has 2 aromatic rings. The smallest absolute Gasteiger partial charge is 0.247 e. The number of carboxylic acid groups (broad SMARTS) is 1. The second-order valence-electron chi connectivity index (χ2n) is 5.69. The van der Waals surface area contributed by atoms with E-state index in [0.717, 1.165) is 11.6 Å². The highest BCUT2D eigenvalue weighted by Crippen LogP contribution is 2.37. The zero-order chi connectivity index (χ0) is 20.7. The third-order valence-electron chi connectivity index (χ3n) is 3.96. The summed E-state index contributed by atoms with van der Waals surface area (Å²) in [5, 5.41) is 10.7. The van der Waals surface area contributed by atoms with Gasteiger partial charge in [0.2, 0.25) is 10.0 Å². The number of hydrogen-bond donors (Lipinski definition) is 0. The number of ether oxygens (including phenoxy) is 2. The van der Waals surface area contributed by atoms with E-state index in [4.69, 9.17) is 9.47 Å². The Hall–Kier alpha value is -2.91. The number of hydrogen-bond acceptors (Lipinski definition) is 7. The summed E-state index contributed by atoms with van der Waals surface area (Å²) >= 11 is 0. The van der Waals surface area contributed by atoms with Crippen molar-refractivity contribution in [2.75, 3.05) is 20.8 Å². The zero-order valence-electron chi connectivity index (χ0n) is 15.8. The minimum atomic E-state index is -3.97. The predicted molar refractivity (Wildman–Crippen MR) is 101 cm³/mol. The third-order valence-corrected chi connectivity index (χ3v) is 5.88. The molecule has 0 spiro atoms. The molecule has 0 bridgehead atoms. The topological polar surface area (TPSA) is 109 Å². The summed E-state index contributed by atoms with van der Waals surface area (Å²) in [4.78, 5) is 14.5. The summed E-state index contributed by atoms with van der Waals surface area (Å²) in [7, 11) is -1.26. The van der Waals surface area contributed by atoms with Crippen LogP contribution in [0.1, 0.15) is 18.1 Å². The maximum absolute atomic E-state index is 13.3. The first-order valence-electron chi connectivity index (χ1n) is 8.37. The molecule has 0 unspecified atom stereocenters. The molecule has 0 N–H and O–H groups in total. The summed E-state index contributed by atoms with van der Waals surface area (Å²) in [5.41, 5.74) is 1.10. The van der Waals surface area contributed by atoms with Gasteiger partial charge in [-0.1, -0.05) is 13.0 Å². The number of aromatic nitrogens is 1. The monoisotopic (exact) mass is 405 g/mol. The van der Waals surface area contributed by atoms with Crippen LogP contribution in [0.5, 0.6) is 11.5 Å². The van der Waals surface area contributed by atoms with E-state index >= 15 is 0 Å². The first kappa shape index (κ1) is 21.4. The molecule has 9 heteroatoms. The summed E-state index contributed by atoms with van der Waals surface area (Å²) in [6.07, 6.45) is 5.22. The second-order valence-corrected chi connectivity index (χ2v) is 7.60. The van der Waals surface area contributed by atoms with E-state index in [0.29, 0.717) is 5.56 Å². The van der Waals surface area contributed by atoms with E-state index < -0.39 is 16.0 Å². The average molecular weight is 405 g/mol. The SMILES string of the molecule is CCN(Cc1ccncc1)S(=O)(=O)c1cc(/C=C/C(=O)[O-])cc(OC)c1OC. The van der Waals surface area contributed by atoms with Gasteiger partial charge in [-0.2, -0.15) is 4.31 Å². The summed E-state index contributed by atoms with van der Waals surface area (Å²) in [5.74, 6) is -1.19. The van der Waals surface area contributed by atoms with Crippen LogP contribution in [0.2, 0.25) is 0 Å². The minimum absolute atomic E-state index is 0.0429. The number of pyridine rings is 1. The molecule has 0 atom stereocenters. The first-order valence-corrected chi connectivity index (χ1v) is 9.81. The standard InChI is InChI=1S/C19H22N2O6S/c1-4-21(13-14-7-9-20-10-8-14)28(24,25)17-12-15(5-6-18(22)23)11-16(26-2)19(17)27-3/h5-12H,4,13H2,1-3H3,(H,22,23)/p-1/b6-5+. The fourth-order valence-corrected chi connectivity index (χ4v) is 4.24. The van der Waals surface area contributed by atoms with Gasteiger partial charge in [0, 0.05) is 25.5 Å². The molecular formula is C19H21N2O6S-. The van der Waals surface area contributed by atoms with Gasteiger partial charge in [-0.05, 0) is 41.5 Å². The van der Waals surface area contributed by atoms with Crippen molar-refractivity contribution in [1.29, 1.82) is 0 Å². The van der Waals surface area contributed by atoms with Crippen LogP contribution in [0.3, 0.4) is 0 Å². The predicted octanol–water partition coefficient (Wildman–Crippen LogP) is 1.07. The average Bonchev–Trinajstić information content (AvgIpc) is 2.70. The van der Waals surface area contributed by atoms with Gasteiger partial charge in [-0.3, -0.25) is 4.98 Å². The summed E-state index contributed by atoms with van der Waals surface area (Å²) < 4.78 is 38.5. The number of benzene rings is 1. The Balaban J connectivity index is 2.57. The fourth-order valence-electron chi connectivity index (χ4n) is 2.60. The largest absolute Gasteiger partial charge is 0.545 e. The lowest BCUT2D eigenvalue weighted by Gasteiger charge is -2.23. The van der Waals surface area contributed by atoms with E-state index in [2.05, 4.69) is 4.98 Å². The van der Waals surface area contributed by atoms with Crippen LogP contribution in [0.25, 0.3) is 6.08 Å². The molecule has 150 valence electrons. The number of methoxy groups -OCH3 is 2. The van der Waals surface area contributed by atoms with Gasteiger partial charge in [-0.15, -0.1) is 0 Å². The van der Waals surface area contributed by atoms with Gasteiger partial charge < -0.3 is 19.4 Å². The van der Waals surface area contributed by atoms with E-state index in [1.54, 1.807) is 31.5 Å². The number of carboxylic acids is 1. The normalized spacial score (nSPS) is 11.7. The van der Waals surface area contributed by atoms with Crippen molar-refractivity contribution in [3.8, 4) is 11.5 Å². The molecule has 0 aliphatic carbocycles. The number of carbonyl (C=O) groups is 1. The quantitative estimate of drug-likeness (QED) is 0.574. The van der Waals surface area contributed by atoms with Crippen LogP contribution in [0, 0.1) is 0 Å². The molecule has 0 aliphatic heterocycles. The number of rotatable bonds is 9. The molecule has 0 fully saturated rings. The van der Waals surface area contributed by atoms with E-state index in [9.17, 15) is 18.3 Å². The molecule has 0 radical (unpaired) electrons. The Kier molecular flexibility index (Phi) is 7.13. The highest BCUT2D eigenvalue weighted by atomic mass is 32.2. The van der Waals surface area contributed by atoms with Crippen LogP contribution in [-0.4, -0.2) is 44.4 Å². The Labute approximate surface area is 164 Å². The van der Waals surface area contributed by atoms with Crippen molar-refractivity contribution in [3.05, 3.63) is 53.9 Å². The maximum Gasteiger partial charge on any atom is 0.247 e. The Morgan fingerprint density at radius 2 is 1.89 bits per heavy atom. The van der Waals surface area contributed by atoms with Crippen LogP contribution in [-0.2, 0) is 21.4 Å². The van der Waals surface area contributed by atoms with Gasteiger partial charge in [0.1, 0.15) is 4.90 Å². The van der Waals surface area contributed by atoms with Crippen molar-refractivity contribution in [2.24, 2.45) is 0 Å². The van der Waals surface area contributed by atoms with Crippen LogP contribution in [0.15, 0.2) is 47.6 Å². The molecule has 2 rings (SSSR count). The van der Waals surface area contributed by atoms with Gasteiger partial charge in [-0.25, -0.2) is 8.42 Å².